The number of imidazole rings is 1. The zero-order chi connectivity index (χ0) is 17.6. The van der Waals surface area contributed by atoms with Crippen molar-refractivity contribution in [1.82, 2.24) is 15.4 Å². The van der Waals surface area contributed by atoms with Gasteiger partial charge >= 0.3 is 0 Å². The Bertz CT molecular complexity index is 904. The molecule has 1 heterocycles. The SMILES string of the molecule is O=C(C=Cc1cccc(Cc2nc(-c3ccccc3)c(Cl)[nH]2)c1)NO. The second kappa shape index (κ2) is 7.79. The minimum absolute atomic E-state index is 0.511. The molecule has 1 aromatic heterocycles. The number of carbonyl (C=O) groups excluding carboxylic acids is 1. The van der Waals surface area contributed by atoms with Gasteiger partial charge in [0.1, 0.15) is 16.7 Å². The molecule has 0 spiro atoms. The Labute approximate surface area is 150 Å². The molecule has 2 aromatic carbocycles. The molecule has 1 amide bonds. The highest BCUT2D eigenvalue weighted by molar-refractivity contribution is 6.31. The van der Waals surface area contributed by atoms with E-state index < -0.39 is 5.91 Å². The fourth-order valence-electron chi connectivity index (χ4n) is 2.48. The number of aromatic amines is 1. The molecule has 0 unspecified atom stereocenters. The third-order valence-electron chi connectivity index (χ3n) is 3.62. The minimum atomic E-state index is -0.573. The van der Waals surface area contributed by atoms with E-state index in [9.17, 15) is 4.79 Å². The van der Waals surface area contributed by atoms with Crippen LogP contribution in [0, 0.1) is 0 Å². The van der Waals surface area contributed by atoms with Gasteiger partial charge in [-0.05, 0) is 17.2 Å². The summed E-state index contributed by atoms with van der Waals surface area (Å²) in [7, 11) is 0. The Morgan fingerprint density at radius 3 is 2.76 bits per heavy atom. The van der Waals surface area contributed by atoms with Gasteiger partial charge in [-0.25, -0.2) is 10.5 Å². The van der Waals surface area contributed by atoms with Crippen molar-refractivity contribution < 1.29 is 10.0 Å². The molecule has 3 aromatic rings. The quantitative estimate of drug-likeness (QED) is 0.370. The van der Waals surface area contributed by atoms with Crippen LogP contribution in [0.3, 0.4) is 0 Å². The fraction of sp³-hybridized carbons (Fsp3) is 0.0526. The fourth-order valence-corrected chi connectivity index (χ4v) is 2.74. The number of nitrogens with one attached hydrogen (secondary N) is 2. The van der Waals surface area contributed by atoms with E-state index >= 15 is 0 Å². The molecule has 6 heteroatoms. The molecule has 0 bridgehead atoms. The third kappa shape index (κ3) is 4.35. The van der Waals surface area contributed by atoms with Crippen molar-refractivity contribution in [2.45, 2.75) is 6.42 Å². The summed E-state index contributed by atoms with van der Waals surface area (Å²) < 4.78 is 0. The molecule has 25 heavy (non-hydrogen) atoms. The Morgan fingerprint density at radius 2 is 2.00 bits per heavy atom. The van der Waals surface area contributed by atoms with Crippen molar-refractivity contribution in [3.63, 3.8) is 0 Å². The van der Waals surface area contributed by atoms with Crippen molar-refractivity contribution in [3.8, 4) is 11.3 Å². The first-order valence-corrected chi connectivity index (χ1v) is 8.04. The molecule has 0 aliphatic heterocycles. The lowest BCUT2D eigenvalue weighted by Crippen LogP contribution is -2.14. The summed E-state index contributed by atoms with van der Waals surface area (Å²) in [5, 5.41) is 9.02. The van der Waals surface area contributed by atoms with Crippen LogP contribution < -0.4 is 5.48 Å². The maximum Gasteiger partial charge on any atom is 0.267 e. The molecule has 0 atom stereocenters. The predicted molar refractivity (Wildman–Crippen MR) is 97.2 cm³/mol. The Morgan fingerprint density at radius 1 is 1.20 bits per heavy atom. The maximum absolute atomic E-state index is 11.1. The van der Waals surface area contributed by atoms with Gasteiger partial charge < -0.3 is 4.98 Å². The first-order chi connectivity index (χ1) is 12.2. The highest BCUT2D eigenvalue weighted by Crippen LogP contribution is 2.26. The van der Waals surface area contributed by atoms with E-state index in [2.05, 4.69) is 9.97 Å². The van der Waals surface area contributed by atoms with Crippen LogP contribution in [0.1, 0.15) is 17.0 Å². The van der Waals surface area contributed by atoms with Crippen molar-refractivity contribution in [3.05, 3.63) is 82.8 Å². The topological polar surface area (TPSA) is 78.0 Å². The van der Waals surface area contributed by atoms with Crippen LogP contribution in [0.5, 0.6) is 0 Å². The summed E-state index contributed by atoms with van der Waals surface area (Å²) >= 11 is 6.28. The lowest BCUT2D eigenvalue weighted by molar-refractivity contribution is -0.124. The van der Waals surface area contributed by atoms with E-state index in [1.54, 1.807) is 11.6 Å². The lowest BCUT2D eigenvalue weighted by Gasteiger charge is -2.01. The van der Waals surface area contributed by atoms with Crippen molar-refractivity contribution >= 4 is 23.6 Å². The highest BCUT2D eigenvalue weighted by Gasteiger charge is 2.10. The average Bonchev–Trinajstić information content (AvgIpc) is 3.01. The van der Waals surface area contributed by atoms with Crippen LogP contribution in [-0.4, -0.2) is 21.1 Å². The van der Waals surface area contributed by atoms with E-state index in [1.807, 2.05) is 54.6 Å². The van der Waals surface area contributed by atoms with Crippen LogP contribution in [-0.2, 0) is 11.2 Å². The number of H-pyrrole nitrogens is 1. The molecule has 0 fully saturated rings. The van der Waals surface area contributed by atoms with Crippen molar-refractivity contribution in [2.24, 2.45) is 0 Å². The number of carbonyl (C=O) groups is 1. The van der Waals surface area contributed by atoms with Gasteiger partial charge in [0.2, 0.25) is 0 Å². The summed E-state index contributed by atoms with van der Waals surface area (Å²) in [6, 6.07) is 17.4. The first kappa shape index (κ1) is 17.0. The molecule has 3 rings (SSSR count). The Kier molecular flexibility index (Phi) is 5.28. The van der Waals surface area contributed by atoms with Gasteiger partial charge in [0.25, 0.3) is 5.91 Å². The molecule has 126 valence electrons. The number of rotatable bonds is 5. The zero-order valence-corrected chi connectivity index (χ0v) is 14.0. The van der Waals surface area contributed by atoms with Gasteiger partial charge in [-0.1, -0.05) is 66.2 Å². The van der Waals surface area contributed by atoms with Gasteiger partial charge in [-0.2, -0.15) is 0 Å². The summed E-state index contributed by atoms with van der Waals surface area (Å²) in [6.07, 6.45) is 3.47. The van der Waals surface area contributed by atoms with Crippen LogP contribution in [0.2, 0.25) is 5.15 Å². The molecule has 5 nitrogen and oxygen atoms in total. The van der Waals surface area contributed by atoms with Gasteiger partial charge in [-0.3, -0.25) is 10.0 Å². The number of amides is 1. The first-order valence-electron chi connectivity index (χ1n) is 7.66. The molecular formula is C19H16ClN3O2. The van der Waals surface area contributed by atoms with Gasteiger partial charge in [0.05, 0.1) is 0 Å². The van der Waals surface area contributed by atoms with Crippen LogP contribution in [0.4, 0.5) is 0 Å². The number of aromatic nitrogens is 2. The van der Waals surface area contributed by atoms with Crippen LogP contribution >= 0.6 is 11.6 Å². The number of hydroxylamine groups is 1. The van der Waals surface area contributed by atoms with Crippen molar-refractivity contribution in [2.75, 3.05) is 0 Å². The van der Waals surface area contributed by atoms with Gasteiger partial charge in [0.15, 0.2) is 0 Å². The lowest BCUT2D eigenvalue weighted by atomic mass is 10.1. The number of benzene rings is 2. The standard InChI is InChI=1S/C19H16ClN3O2/c20-19-18(15-7-2-1-3-8-15)21-16(22-19)12-14-6-4-5-13(11-14)9-10-17(24)23-25/h1-11,25H,12H2,(H,21,22)(H,23,24). The van der Waals surface area contributed by atoms with Crippen LogP contribution in [0.15, 0.2) is 60.7 Å². The summed E-state index contributed by atoms with van der Waals surface area (Å²) in [4.78, 5) is 18.8. The molecule has 0 saturated heterocycles. The largest absolute Gasteiger partial charge is 0.332 e. The van der Waals surface area contributed by atoms with Gasteiger partial charge in [0, 0.05) is 18.1 Å². The number of hydrogen-bond acceptors (Lipinski definition) is 3. The van der Waals surface area contributed by atoms with E-state index in [0.717, 1.165) is 28.2 Å². The summed E-state index contributed by atoms with van der Waals surface area (Å²) in [5.74, 6) is 0.189. The minimum Gasteiger partial charge on any atom is -0.332 e. The number of hydrogen-bond donors (Lipinski definition) is 3. The second-order valence-corrected chi connectivity index (χ2v) is 5.82. The highest BCUT2D eigenvalue weighted by atomic mass is 35.5. The Hall–Kier alpha value is -2.89. The number of halogens is 1. The molecule has 0 radical (unpaired) electrons. The van der Waals surface area contributed by atoms with E-state index in [1.165, 1.54) is 6.08 Å². The van der Waals surface area contributed by atoms with Crippen molar-refractivity contribution in [1.29, 1.82) is 0 Å². The van der Waals surface area contributed by atoms with E-state index in [0.29, 0.717) is 11.6 Å². The summed E-state index contributed by atoms with van der Waals surface area (Å²) in [5.41, 5.74) is 5.12. The molecule has 0 aliphatic carbocycles. The third-order valence-corrected chi connectivity index (χ3v) is 3.89. The normalized spacial score (nSPS) is 11.0. The number of nitrogens with zero attached hydrogens (tertiary/aromatic N) is 1. The molecule has 0 saturated carbocycles. The molecule has 3 N–H and O–H groups in total. The molecule has 0 aliphatic rings. The monoisotopic (exact) mass is 353 g/mol. The van der Waals surface area contributed by atoms with Gasteiger partial charge in [-0.15, -0.1) is 0 Å². The smallest absolute Gasteiger partial charge is 0.267 e. The summed E-state index contributed by atoms with van der Waals surface area (Å²) in [6.45, 7) is 0. The molecular weight excluding hydrogens is 338 g/mol. The second-order valence-electron chi connectivity index (χ2n) is 5.44. The average molecular weight is 354 g/mol. The van der Waals surface area contributed by atoms with E-state index in [-0.39, 0.29) is 0 Å². The predicted octanol–water partition coefficient (Wildman–Crippen LogP) is 3.84. The van der Waals surface area contributed by atoms with Crippen LogP contribution in [0.25, 0.3) is 17.3 Å². The van der Waals surface area contributed by atoms with E-state index in [4.69, 9.17) is 16.8 Å². The zero-order valence-electron chi connectivity index (χ0n) is 13.2. The Balaban J connectivity index is 1.79. The maximum atomic E-state index is 11.1.